The summed E-state index contributed by atoms with van der Waals surface area (Å²) in [7, 11) is 0. The largest absolute Gasteiger partial charge is 0.383 e. The van der Waals surface area contributed by atoms with Gasteiger partial charge in [0, 0.05) is 16.6 Å². The summed E-state index contributed by atoms with van der Waals surface area (Å²) < 4.78 is 0. The quantitative estimate of drug-likeness (QED) is 0.817. The normalized spacial score (nSPS) is 12.7. The second-order valence-electron chi connectivity index (χ2n) is 3.31. The summed E-state index contributed by atoms with van der Waals surface area (Å²) >= 11 is 7.43. The average Bonchev–Trinajstić information content (AvgIpc) is 2.65. The number of hydrogen-bond donors (Lipinski definition) is 1. The number of halogens is 1. The first kappa shape index (κ1) is 10.6. The number of aromatic nitrogens is 1. The first-order valence-electron chi connectivity index (χ1n) is 4.52. The SMILES string of the molecule is Cc1csc(C(O)c2cccnc2Cl)c1. The second-order valence-corrected chi connectivity index (χ2v) is 4.61. The summed E-state index contributed by atoms with van der Waals surface area (Å²) in [5.41, 5.74) is 1.80. The first-order valence-corrected chi connectivity index (χ1v) is 5.78. The number of aryl methyl sites for hydroxylation is 1. The van der Waals surface area contributed by atoms with Crippen molar-refractivity contribution in [2.75, 3.05) is 0 Å². The molecule has 4 heteroatoms. The highest BCUT2D eigenvalue weighted by Crippen LogP contribution is 2.30. The lowest BCUT2D eigenvalue weighted by Crippen LogP contribution is -1.98. The Morgan fingerprint density at radius 3 is 2.93 bits per heavy atom. The summed E-state index contributed by atoms with van der Waals surface area (Å²) in [5.74, 6) is 0. The van der Waals surface area contributed by atoms with E-state index in [9.17, 15) is 5.11 Å². The van der Waals surface area contributed by atoms with Crippen LogP contribution in [0, 0.1) is 6.92 Å². The van der Waals surface area contributed by atoms with Crippen LogP contribution in [-0.4, -0.2) is 10.1 Å². The summed E-state index contributed by atoms with van der Waals surface area (Å²) in [6.45, 7) is 2.00. The van der Waals surface area contributed by atoms with E-state index in [-0.39, 0.29) is 0 Å². The molecular weight excluding hydrogens is 230 g/mol. The van der Waals surface area contributed by atoms with Gasteiger partial charge in [-0.3, -0.25) is 0 Å². The van der Waals surface area contributed by atoms with Gasteiger partial charge in [-0.25, -0.2) is 4.98 Å². The summed E-state index contributed by atoms with van der Waals surface area (Å²) in [6, 6.07) is 5.51. The zero-order chi connectivity index (χ0) is 10.8. The van der Waals surface area contributed by atoms with Gasteiger partial charge in [0.15, 0.2) is 0 Å². The van der Waals surface area contributed by atoms with Crippen molar-refractivity contribution in [3.05, 3.63) is 50.9 Å². The van der Waals surface area contributed by atoms with Crippen molar-refractivity contribution in [2.45, 2.75) is 13.0 Å². The van der Waals surface area contributed by atoms with E-state index >= 15 is 0 Å². The standard InChI is InChI=1S/C11H10ClNOS/c1-7-5-9(15-6-7)10(14)8-3-2-4-13-11(8)12/h2-6,10,14H,1H3. The highest BCUT2D eigenvalue weighted by molar-refractivity contribution is 7.10. The number of aliphatic hydroxyl groups is 1. The topological polar surface area (TPSA) is 33.1 Å². The average molecular weight is 240 g/mol. The van der Waals surface area contributed by atoms with E-state index in [1.165, 1.54) is 11.3 Å². The molecular formula is C11H10ClNOS. The van der Waals surface area contributed by atoms with Gasteiger partial charge in [-0.05, 0) is 30.0 Å². The predicted molar refractivity (Wildman–Crippen MR) is 62.4 cm³/mol. The van der Waals surface area contributed by atoms with E-state index in [0.29, 0.717) is 10.7 Å². The minimum absolute atomic E-state index is 0.357. The number of hydrogen-bond acceptors (Lipinski definition) is 3. The van der Waals surface area contributed by atoms with Gasteiger partial charge in [-0.2, -0.15) is 0 Å². The molecule has 2 rings (SSSR count). The highest BCUT2D eigenvalue weighted by Gasteiger charge is 2.15. The monoisotopic (exact) mass is 239 g/mol. The van der Waals surface area contributed by atoms with E-state index in [4.69, 9.17) is 11.6 Å². The minimum atomic E-state index is -0.676. The number of pyridine rings is 1. The van der Waals surface area contributed by atoms with Crippen LogP contribution < -0.4 is 0 Å². The van der Waals surface area contributed by atoms with Gasteiger partial charge in [-0.15, -0.1) is 11.3 Å². The molecule has 0 aromatic carbocycles. The van der Waals surface area contributed by atoms with Crippen LogP contribution in [-0.2, 0) is 0 Å². The summed E-state index contributed by atoms with van der Waals surface area (Å²) in [6.07, 6.45) is 0.933. The molecule has 0 spiro atoms. The molecule has 2 aromatic heterocycles. The van der Waals surface area contributed by atoms with Crippen molar-refractivity contribution in [1.29, 1.82) is 0 Å². The van der Waals surface area contributed by atoms with Crippen LogP contribution in [0.2, 0.25) is 5.15 Å². The molecule has 0 amide bonds. The van der Waals surface area contributed by atoms with Crippen LogP contribution >= 0.6 is 22.9 Å². The van der Waals surface area contributed by atoms with Crippen LogP contribution in [0.3, 0.4) is 0 Å². The van der Waals surface area contributed by atoms with Crippen LogP contribution in [0.4, 0.5) is 0 Å². The maximum absolute atomic E-state index is 10.1. The zero-order valence-corrected chi connectivity index (χ0v) is 9.72. The van der Waals surface area contributed by atoms with Crippen LogP contribution in [0.1, 0.15) is 22.1 Å². The third kappa shape index (κ3) is 2.20. The molecule has 2 heterocycles. The molecule has 0 saturated carbocycles. The Labute approximate surface area is 97.2 Å². The Morgan fingerprint density at radius 1 is 1.53 bits per heavy atom. The van der Waals surface area contributed by atoms with Gasteiger partial charge in [0.05, 0.1) is 0 Å². The smallest absolute Gasteiger partial charge is 0.135 e. The van der Waals surface area contributed by atoms with E-state index in [1.807, 2.05) is 18.4 Å². The minimum Gasteiger partial charge on any atom is -0.383 e. The molecule has 2 nitrogen and oxygen atoms in total. The number of nitrogens with zero attached hydrogens (tertiary/aromatic N) is 1. The van der Waals surface area contributed by atoms with Crippen molar-refractivity contribution >= 4 is 22.9 Å². The maximum atomic E-state index is 10.1. The van der Waals surface area contributed by atoms with E-state index in [0.717, 1.165) is 10.4 Å². The van der Waals surface area contributed by atoms with Crippen LogP contribution in [0.25, 0.3) is 0 Å². The predicted octanol–water partition coefficient (Wildman–Crippen LogP) is 3.19. The summed E-state index contributed by atoms with van der Waals surface area (Å²) in [5, 5.41) is 12.4. The lowest BCUT2D eigenvalue weighted by atomic mass is 10.1. The van der Waals surface area contributed by atoms with Crippen LogP contribution in [0.15, 0.2) is 29.8 Å². The first-order chi connectivity index (χ1) is 7.18. The molecule has 0 aliphatic carbocycles. The molecule has 0 saturated heterocycles. The molecule has 1 unspecified atom stereocenters. The van der Waals surface area contributed by atoms with Crippen molar-refractivity contribution < 1.29 is 5.11 Å². The Hall–Kier alpha value is -0.900. The molecule has 15 heavy (non-hydrogen) atoms. The van der Waals surface area contributed by atoms with Gasteiger partial charge in [0.25, 0.3) is 0 Å². The van der Waals surface area contributed by atoms with E-state index in [2.05, 4.69) is 4.98 Å². The molecule has 0 aliphatic heterocycles. The molecule has 1 N–H and O–H groups in total. The van der Waals surface area contributed by atoms with E-state index in [1.54, 1.807) is 18.3 Å². The Balaban J connectivity index is 2.36. The molecule has 1 atom stereocenters. The highest BCUT2D eigenvalue weighted by atomic mass is 35.5. The fraction of sp³-hybridized carbons (Fsp3) is 0.182. The summed E-state index contributed by atoms with van der Waals surface area (Å²) in [4.78, 5) is 4.83. The Bertz CT molecular complexity index is 469. The van der Waals surface area contributed by atoms with Gasteiger partial charge >= 0.3 is 0 Å². The van der Waals surface area contributed by atoms with Crippen molar-refractivity contribution in [3.8, 4) is 0 Å². The molecule has 0 fully saturated rings. The van der Waals surface area contributed by atoms with E-state index < -0.39 is 6.10 Å². The second kappa shape index (κ2) is 4.31. The van der Waals surface area contributed by atoms with Gasteiger partial charge in [-0.1, -0.05) is 17.7 Å². The van der Waals surface area contributed by atoms with Gasteiger partial charge < -0.3 is 5.11 Å². The van der Waals surface area contributed by atoms with Crippen molar-refractivity contribution in [3.63, 3.8) is 0 Å². The number of rotatable bonds is 2. The molecule has 0 bridgehead atoms. The van der Waals surface area contributed by atoms with Gasteiger partial charge in [0.1, 0.15) is 11.3 Å². The van der Waals surface area contributed by atoms with Crippen molar-refractivity contribution in [1.82, 2.24) is 4.98 Å². The lowest BCUT2D eigenvalue weighted by Gasteiger charge is -2.09. The Kier molecular flexibility index (Phi) is 3.05. The third-order valence-electron chi connectivity index (χ3n) is 2.10. The van der Waals surface area contributed by atoms with Crippen molar-refractivity contribution in [2.24, 2.45) is 0 Å². The van der Waals surface area contributed by atoms with Crippen LogP contribution in [0.5, 0.6) is 0 Å². The molecule has 2 aromatic rings. The Morgan fingerprint density at radius 2 is 2.33 bits per heavy atom. The fourth-order valence-electron chi connectivity index (χ4n) is 1.35. The maximum Gasteiger partial charge on any atom is 0.135 e. The zero-order valence-electron chi connectivity index (χ0n) is 8.14. The number of aliphatic hydroxyl groups excluding tert-OH is 1. The molecule has 0 aliphatic rings. The fourth-order valence-corrected chi connectivity index (χ4v) is 2.48. The molecule has 0 radical (unpaired) electrons. The third-order valence-corrected chi connectivity index (χ3v) is 3.52. The lowest BCUT2D eigenvalue weighted by molar-refractivity contribution is 0.224. The van der Waals surface area contributed by atoms with Gasteiger partial charge in [0.2, 0.25) is 0 Å². The molecule has 78 valence electrons. The number of thiophene rings is 1.